The van der Waals surface area contributed by atoms with Crippen LogP contribution in [0.5, 0.6) is 0 Å². The van der Waals surface area contributed by atoms with Gasteiger partial charge in [-0.3, -0.25) is 4.79 Å². The minimum atomic E-state index is -0.378. The van der Waals surface area contributed by atoms with Gasteiger partial charge in [0.05, 0.1) is 18.2 Å². The number of amides is 1. The highest BCUT2D eigenvalue weighted by atomic mass is 16.3. The van der Waals surface area contributed by atoms with E-state index in [-0.39, 0.29) is 24.1 Å². The molecule has 1 amide bonds. The Labute approximate surface area is 97.8 Å². The zero-order valence-electron chi connectivity index (χ0n) is 10.4. The van der Waals surface area contributed by atoms with Crippen LogP contribution in [0, 0.1) is 0 Å². The first kappa shape index (κ1) is 13.5. The SMILES string of the molecule is CCCC1(C(=O)N[C@H](CC)CO)CCCN1. The van der Waals surface area contributed by atoms with E-state index in [9.17, 15) is 4.79 Å². The van der Waals surface area contributed by atoms with Gasteiger partial charge in [-0.05, 0) is 32.2 Å². The summed E-state index contributed by atoms with van der Waals surface area (Å²) in [5.41, 5.74) is -0.378. The minimum absolute atomic E-state index is 0.0183. The molecule has 4 nitrogen and oxygen atoms in total. The lowest BCUT2D eigenvalue weighted by Gasteiger charge is -2.29. The predicted molar refractivity (Wildman–Crippen MR) is 64.2 cm³/mol. The third-order valence-electron chi connectivity index (χ3n) is 3.40. The van der Waals surface area contributed by atoms with Crippen LogP contribution in [0.4, 0.5) is 0 Å². The summed E-state index contributed by atoms with van der Waals surface area (Å²) in [6.45, 7) is 5.00. The highest BCUT2D eigenvalue weighted by Crippen LogP contribution is 2.25. The molecule has 0 spiro atoms. The molecule has 16 heavy (non-hydrogen) atoms. The maximum atomic E-state index is 12.2. The van der Waals surface area contributed by atoms with Gasteiger partial charge in [-0.2, -0.15) is 0 Å². The first-order valence-corrected chi connectivity index (χ1v) is 6.35. The average molecular weight is 228 g/mol. The van der Waals surface area contributed by atoms with Crippen LogP contribution < -0.4 is 10.6 Å². The lowest BCUT2D eigenvalue weighted by atomic mass is 9.90. The van der Waals surface area contributed by atoms with Gasteiger partial charge < -0.3 is 15.7 Å². The Morgan fingerprint density at radius 3 is 2.75 bits per heavy atom. The third kappa shape index (κ3) is 2.95. The van der Waals surface area contributed by atoms with E-state index in [2.05, 4.69) is 17.6 Å². The van der Waals surface area contributed by atoms with E-state index in [0.29, 0.717) is 0 Å². The van der Waals surface area contributed by atoms with Crippen molar-refractivity contribution in [3.8, 4) is 0 Å². The lowest BCUT2D eigenvalue weighted by molar-refractivity contribution is -0.128. The highest BCUT2D eigenvalue weighted by Gasteiger charge is 2.40. The molecule has 0 radical (unpaired) electrons. The molecule has 1 unspecified atom stereocenters. The number of carbonyl (C=O) groups excluding carboxylic acids is 1. The summed E-state index contributed by atoms with van der Waals surface area (Å²) >= 11 is 0. The van der Waals surface area contributed by atoms with E-state index in [1.807, 2.05) is 6.92 Å². The number of nitrogens with one attached hydrogen (secondary N) is 2. The fraction of sp³-hybridized carbons (Fsp3) is 0.917. The van der Waals surface area contributed by atoms with Gasteiger partial charge in [-0.25, -0.2) is 0 Å². The number of aliphatic hydroxyl groups is 1. The fourth-order valence-corrected chi connectivity index (χ4v) is 2.35. The Bertz CT molecular complexity index is 221. The third-order valence-corrected chi connectivity index (χ3v) is 3.40. The molecule has 1 saturated heterocycles. The maximum Gasteiger partial charge on any atom is 0.240 e. The Balaban J connectivity index is 2.60. The van der Waals surface area contributed by atoms with Gasteiger partial charge in [0.1, 0.15) is 0 Å². The van der Waals surface area contributed by atoms with Crippen molar-refractivity contribution in [1.29, 1.82) is 0 Å². The molecule has 1 heterocycles. The van der Waals surface area contributed by atoms with E-state index in [1.54, 1.807) is 0 Å². The average Bonchev–Trinajstić information content (AvgIpc) is 2.76. The second-order valence-electron chi connectivity index (χ2n) is 4.62. The van der Waals surface area contributed by atoms with Crippen LogP contribution in [0.3, 0.4) is 0 Å². The normalized spacial score (nSPS) is 26.7. The number of hydrogen-bond acceptors (Lipinski definition) is 3. The van der Waals surface area contributed by atoms with Crippen molar-refractivity contribution in [1.82, 2.24) is 10.6 Å². The molecule has 94 valence electrons. The Kier molecular flexibility index (Phi) is 5.22. The number of hydrogen-bond donors (Lipinski definition) is 3. The van der Waals surface area contributed by atoms with E-state index in [1.165, 1.54) is 0 Å². The molecule has 1 fully saturated rings. The largest absolute Gasteiger partial charge is 0.394 e. The summed E-state index contributed by atoms with van der Waals surface area (Å²) in [7, 11) is 0. The van der Waals surface area contributed by atoms with Crippen LogP contribution >= 0.6 is 0 Å². The van der Waals surface area contributed by atoms with Gasteiger partial charge in [0.25, 0.3) is 0 Å². The van der Waals surface area contributed by atoms with Crippen molar-refractivity contribution in [3.63, 3.8) is 0 Å². The van der Waals surface area contributed by atoms with Crippen molar-refractivity contribution in [3.05, 3.63) is 0 Å². The van der Waals surface area contributed by atoms with Gasteiger partial charge in [-0.15, -0.1) is 0 Å². The van der Waals surface area contributed by atoms with E-state index >= 15 is 0 Å². The second-order valence-corrected chi connectivity index (χ2v) is 4.62. The fourth-order valence-electron chi connectivity index (χ4n) is 2.35. The van der Waals surface area contributed by atoms with Gasteiger partial charge in [0.2, 0.25) is 5.91 Å². The lowest BCUT2D eigenvalue weighted by Crippen LogP contribution is -2.56. The molecule has 1 aliphatic rings. The van der Waals surface area contributed by atoms with Crippen molar-refractivity contribution >= 4 is 5.91 Å². The summed E-state index contributed by atoms with van der Waals surface area (Å²) in [4.78, 5) is 12.2. The zero-order chi connectivity index (χ0) is 12.0. The first-order valence-electron chi connectivity index (χ1n) is 6.35. The van der Waals surface area contributed by atoms with E-state index < -0.39 is 0 Å². The summed E-state index contributed by atoms with van der Waals surface area (Å²) in [6.07, 6.45) is 4.61. The monoisotopic (exact) mass is 228 g/mol. The van der Waals surface area contributed by atoms with Crippen molar-refractivity contribution in [2.24, 2.45) is 0 Å². The predicted octanol–water partition coefficient (Wildman–Crippen LogP) is 0.796. The molecule has 1 rings (SSSR count). The molecule has 0 bridgehead atoms. The Hall–Kier alpha value is -0.610. The molecule has 1 aliphatic heterocycles. The molecule has 0 aromatic carbocycles. The molecule has 0 aromatic heterocycles. The van der Waals surface area contributed by atoms with Crippen LogP contribution in [0.2, 0.25) is 0 Å². The van der Waals surface area contributed by atoms with Gasteiger partial charge >= 0.3 is 0 Å². The smallest absolute Gasteiger partial charge is 0.240 e. The number of rotatable bonds is 6. The van der Waals surface area contributed by atoms with Crippen molar-refractivity contribution in [2.75, 3.05) is 13.2 Å². The Morgan fingerprint density at radius 2 is 2.31 bits per heavy atom. The molecule has 0 saturated carbocycles. The van der Waals surface area contributed by atoms with Gasteiger partial charge in [0, 0.05) is 0 Å². The summed E-state index contributed by atoms with van der Waals surface area (Å²) in [6, 6.07) is -0.108. The summed E-state index contributed by atoms with van der Waals surface area (Å²) in [5.74, 6) is 0.0627. The van der Waals surface area contributed by atoms with Gasteiger partial charge in [0.15, 0.2) is 0 Å². The maximum absolute atomic E-state index is 12.2. The van der Waals surface area contributed by atoms with Crippen molar-refractivity contribution in [2.45, 2.75) is 57.5 Å². The molecular formula is C12H24N2O2. The number of aliphatic hydroxyl groups excluding tert-OH is 1. The van der Waals surface area contributed by atoms with Crippen LogP contribution in [-0.4, -0.2) is 35.7 Å². The second kappa shape index (κ2) is 6.21. The Morgan fingerprint density at radius 1 is 1.56 bits per heavy atom. The topological polar surface area (TPSA) is 61.4 Å². The summed E-state index contributed by atoms with van der Waals surface area (Å²) in [5, 5.41) is 15.4. The summed E-state index contributed by atoms with van der Waals surface area (Å²) < 4.78 is 0. The molecule has 2 atom stereocenters. The van der Waals surface area contributed by atoms with E-state index in [4.69, 9.17) is 5.11 Å². The van der Waals surface area contributed by atoms with Crippen LogP contribution in [0.25, 0.3) is 0 Å². The molecule has 4 heteroatoms. The highest BCUT2D eigenvalue weighted by molar-refractivity contribution is 5.86. The van der Waals surface area contributed by atoms with Crippen LogP contribution in [0.1, 0.15) is 46.0 Å². The molecule has 0 aliphatic carbocycles. The van der Waals surface area contributed by atoms with Crippen LogP contribution in [0.15, 0.2) is 0 Å². The van der Waals surface area contributed by atoms with Crippen LogP contribution in [-0.2, 0) is 4.79 Å². The molecular weight excluding hydrogens is 204 g/mol. The standard InChI is InChI=1S/C12H24N2O2/c1-3-6-12(7-5-8-13-12)11(16)14-10(4-2)9-15/h10,13,15H,3-9H2,1-2H3,(H,14,16)/t10-,12?/m1/s1. The molecule has 3 N–H and O–H groups in total. The zero-order valence-corrected chi connectivity index (χ0v) is 10.4. The molecule has 0 aromatic rings. The number of carbonyl (C=O) groups is 1. The van der Waals surface area contributed by atoms with E-state index in [0.717, 1.165) is 38.6 Å². The van der Waals surface area contributed by atoms with Crippen molar-refractivity contribution < 1.29 is 9.90 Å². The first-order chi connectivity index (χ1) is 7.68. The minimum Gasteiger partial charge on any atom is -0.394 e. The quantitative estimate of drug-likeness (QED) is 0.630. The van der Waals surface area contributed by atoms with Gasteiger partial charge in [-0.1, -0.05) is 20.3 Å².